The second kappa shape index (κ2) is 22.5. The molecule has 66 heavy (non-hydrogen) atoms. The Morgan fingerprint density at radius 1 is 0.606 bits per heavy atom. The van der Waals surface area contributed by atoms with Crippen molar-refractivity contribution in [2.45, 2.75) is 23.6 Å². The molecule has 17 nitrogen and oxygen atoms in total. The van der Waals surface area contributed by atoms with Gasteiger partial charge in [0.15, 0.2) is 42.7 Å². The van der Waals surface area contributed by atoms with Gasteiger partial charge in [0.1, 0.15) is 0 Å². The number of hydrogen-bond acceptors (Lipinski definition) is 15. The van der Waals surface area contributed by atoms with Gasteiger partial charge in [0, 0.05) is 61.8 Å². The monoisotopic (exact) mass is 933 g/mol. The molecule has 1 aliphatic rings. The van der Waals surface area contributed by atoms with E-state index in [4.69, 9.17) is 11.5 Å². The predicted octanol–water partition coefficient (Wildman–Crippen LogP) is 5.09. The SMILES string of the molecule is CCN(CC)CCS(=O)(=O)c1ccc(-c2cnc(N)c(C(=O)Nc3ccccc3)n2)cc1.CN1CCN(CCS(=O)(=O)c2ccc(-c3cnc(N)c(C(=O)Nc4ccccc4)n3)cc2)CC1. The zero-order valence-electron chi connectivity index (χ0n) is 37.2. The number of aromatic nitrogens is 4. The maximum absolute atomic E-state index is 12.8. The molecule has 0 radical (unpaired) electrons. The predicted molar refractivity (Wildman–Crippen MR) is 258 cm³/mol. The second-order valence-corrected chi connectivity index (χ2v) is 19.7. The van der Waals surface area contributed by atoms with Gasteiger partial charge in [-0.3, -0.25) is 14.5 Å². The summed E-state index contributed by atoms with van der Waals surface area (Å²) >= 11 is 0. The molecule has 7 rings (SSSR count). The molecule has 3 heterocycles. The van der Waals surface area contributed by atoms with E-state index in [0.717, 1.165) is 39.3 Å². The summed E-state index contributed by atoms with van der Waals surface area (Å²) in [6, 6.07) is 30.8. The fraction of sp³-hybridized carbons (Fsp3) is 0.277. The highest BCUT2D eigenvalue weighted by atomic mass is 32.2. The largest absolute Gasteiger partial charge is 0.382 e. The maximum Gasteiger partial charge on any atom is 0.278 e. The van der Waals surface area contributed by atoms with Gasteiger partial charge in [-0.15, -0.1) is 0 Å². The molecule has 1 saturated heterocycles. The van der Waals surface area contributed by atoms with Crippen LogP contribution >= 0.6 is 0 Å². The van der Waals surface area contributed by atoms with Crippen LogP contribution in [0.1, 0.15) is 34.8 Å². The molecular weight excluding hydrogens is 879 g/mol. The summed E-state index contributed by atoms with van der Waals surface area (Å²) in [4.78, 5) is 49.2. The van der Waals surface area contributed by atoms with Gasteiger partial charge in [-0.1, -0.05) is 74.5 Å². The molecule has 0 saturated carbocycles. The van der Waals surface area contributed by atoms with Gasteiger partial charge in [0.25, 0.3) is 11.8 Å². The van der Waals surface area contributed by atoms with Gasteiger partial charge < -0.3 is 31.9 Å². The number of nitrogen functional groups attached to an aromatic ring is 2. The van der Waals surface area contributed by atoms with E-state index in [-0.39, 0.29) is 44.3 Å². The van der Waals surface area contributed by atoms with E-state index in [1.54, 1.807) is 84.9 Å². The third-order valence-corrected chi connectivity index (χ3v) is 14.4. The van der Waals surface area contributed by atoms with Crippen LogP contribution in [-0.4, -0.2) is 134 Å². The molecule has 346 valence electrons. The van der Waals surface area contributed by atoms with E-state index in [0.29, 0.717) is 47.0 Å². The second-order valence-electron chi connectivity index (χ2n) is 15.5. The summed E-state index contributed by atoms with van der Waals surface area (Å²) in [5, 5.41) is 5.48. The zero-order valence-corrected chi connectivity index (χ0v) is 38.8. The molecule has 0 bridgehead atoms. The molecule has 0 aliphatic carbocycles. The Labute approximate surface area is 386 Å². The number of piperazine rings is 1. The first kappa shape index (κ1) is 48.8. The lowest BCUT2D eigenvalue weighted by atomic mass is 10.1. The van der Waals surface area contributed by atoms with E-state index in [1.807, 2.05) is 38.1 Å². The van der Waals surface area contributed by atoms with Crippen LogP contribution in [-0.2, 0) is 19.7 Å². The topological polar surface area (TPSA) is 240 Å². The van der Waals surface area contributed by atoms with Gasteiger partial charge in [-0.05, 0) is 68.7 Å². The van der Waals surface area contributed by atoms with Crippen LogP contribution in [0.15, 0.2) is 131 Å². The van der Waals surface area contributed by atoms with Crippen LogP contribution in [0.2, 0.25) is 0 Å². The molecular formula is C47H55N11O6S2. The summed E-state index contributed by atoms with van der Waals surface area (Å²) in [5.74, 6) is -0.793. The van der Waals surface area contributed by atoms with Crippen molar-refractivity contribution in [1.82, 2.24) is 34.6 Å². The van der Waals surface area contributed by atoms with Crippen LogP contribution in [0.4, 0.5) is 23.0 Å². The van der Waals surface area contributed by atoms with Gasteiger partial charge in [-0.2, -0.15) is 0 Å². The molecule has 0 unspecified atom stereocenters. The number of anilines is 4. The highest BCUT2D eigenvalue weighted by Gasteiger charge is 2.21. The lowest BCUT2D eigenvalue weighted by molar-refractivity contribution is 0.101. The Morgan fingerprint density at radius 2 is 1.02 bits per heavy atom. The molecule has 4 aromatic carbocycles. The van der Waals surface area contributed by atoms with E-state index >= 15 is 0 Å². The number of sulfone groups is 2. The Morgan fingerprint density at radius 3 is 1.42 bits per heavy atom. The van der Waals surface area contributed by atoms with Gasteiger partial charge in [0.05, 0.1) is 45.1 Å². The van der Waals surface area contributed by atoms with Crippen LogP contribution in [0.3, 0.4) is 0 Å². The smallest absolute Gasteiger partial charge is 0.278 e. The number of amides is 2. The van der Waals surface area contributed by atoms with E-state index < -0.39 is 31.5 Å². The Bertz CT molecular complexity index is 2790. The number of para-hydroxylation sites is 2. The van der Waals surface area contributed by atoms with Crippen LogP contribution < -0.4 is 22.1 Å². The molecule has 6 N–H and O–H groups in total. The number of carbonyl (C=O) groups excluding carboxylic acids is 2. The molecule has 0 spiro atoms. The lowest BCUT2D eigenvalue weighted by Crippen LogP contribution is -2.45. The van der Waals surface area contributed by atoms with Crippen molar-refractivity contribution in [2.75, 3.05) is 93.0 Å². The first-order valence-corrected chi connectivity index (χ1v) is 24.7. The van der Waals surface area contributed by atoms with E-state index in [1.165, 1.54) is 12.4 Å². The maximum atomic E-state index is 12.8. The first-order chi connectivity index (χ1) is 31.6. The van der Waals surface area contributed by atoms with Crippen molar-refractivity contribution in [3.8, 4) is 22.5 Å². The lowest BCUT2D eigenvalue weighted by Gasteiger charge is -2.32. The van der Waals surface area contributed by atoms with Crippen LogP contribution in [0.25, 0.3) is 22.5 Å². The number of nitrogens with two attached hydrogens (primary N) is 2. The van der Waals surface area contributed by atoms with Crippen molar-refractivity contribution in [1.29, 1.82) is 0 Å². The van der Waals surface area contributed by atoms with E-state index in [9.17, 15) is 26.4 Å². The molecule has 6 aromatic rings. The quantitative estimate of drug-likeness (QED) is 0.0988. The normalized spacial score (nSPS) is 13.4. The average molecular weight is 934 g/mol. The molecule has 2 aromatic heterocycles. The summed E-state index contributed by atoms with van der Waals surface area (Å²) in [6.45, 7) is 10.3. The van der Waals surface area contributed by atoms with Gasteiger partial charge in [-0.25, -0.2) is 36.8 Å². The molecule has 19 heteroatoms. The van der Waals surface area contributed by atoms with Crippen molar-refractivity contribution in [3.63, 3.8) is 0 Å². The third-order valence-electron chi connectivity index (χ3n) is 11.0. The number of nitrogens with zero attached hydrogens (tertiary/aromatic N) is 7. The van der Waals surface area contributed by atoms with Crippen molar-refractivity contribution in [2.24, 2.45) is 0 Å². The molecule has 2 amide bonds. The standard InChI is InChI=1S/C24H28N6O3S.C23H27N5O3S/c1-29-11-13-30(14-12-29)15-16-34(32,33)20-9-7-18(8-10-20)21-17-26-23(25)22(28-21)24(31)27-19-5-3-2-4-6-19;1-3-28(4-2)14-15-32(30,31)19-12-10-17(11-13-19)20-16-25-22(24)21(27-20)23(29)26-18-8-6-5-7-9-18/h2-10,17H,11-16H2,1H3,(H2,25,26)(H,27,31);5-13,16H,3-4,14-15H2,1-2H3,(H2,24,25)(H,26,29). The zero-order chi connectivity index (χ0) is 47.3. The molecule has 0 atom stereocenters. The summed E-state index contributed by atoms with van der Waals surface area (Å²) < 4.78 is 50.9. The molecule has 1 fully saturated rings. The van der Waals surface area contributed by atoms with Crippen molar-refractivity contribution >= 4 is 54.5 Å². The fourth-order valence-corrected chi connectivity index (χ4v) is 9.41. The van der Waals surface area contributed by atoms with Crippen molar-refractivity contribution in [3.05, 3.63) is 133 Å². The highest BCUT2D eigenvalue weighted by Crippen LogP contribution is 2.24. The summed E-state index contributed by atoms with van der Waals surface area (Å²) in [7, 11) is -4.74. The minimum atomic E-state index is -3.41. The van der Waals surface area contributed by atoms with Gasteiger partial charge in [0.2, 0.25) is 0 Å². The fourth-order valence-electron chi connectivity index (χ4n) is 6.84. The third kappa shape index (κ3) is 13.2. The van der Waals surface area contributed by atoms with E-state index in [2.05, 4.69) is 52.3 Å². The number of carbonyl (C=O) groups is 2. The van der Waals surface area contributed by atoms with Crippen LogP contribution in [0, 0.1) is 0 Å². The number of rotatable bonds is 16. The Balaban J connectivity index is 0.000000219. The number of likely N-dealkylation sites (N-methyl/N-ethyl adjacent to an activating group) is 1. The minimum Gasteiger partial charge on any atom is -0.382 e. The number of nitrogens with one attached hydrogen (secondary N) is 2. The summed E-state index contributed by atoms with van der Waals surface area (Å²) in [6.07, 6.45) is 2.92. The van der Waals surface area contributed by atoms with Gasteiger partial charge >= 0.3 is 0 Å². The number of benzene rings is 4. The minimum absolute atomic E-state index is 0.00211. The van der Waals surface area contributed by atoms with Crippen LogP contribution in [0.5, 0.6) is 0 Å². The average Bonchev–Trinajstić information content (AvgIpc) is 3.33. The highest BCUT2D eigenvalue weighted by molar-refractivity contribution is 7.91. The molecule has 1 aliphatic heterocycles. The Kier molecular flexibility index (Phi) is 16.6. The number of hydrogen-bond donors (Lipinski definition) is 4. The Hall–Kier alpha value is -6.64. The first-order valence-electron chi connectivity index (χ1n) is 21.4. The van der Waals surface area contributed by atoms with Crippen molar-refractivity contribution < 1.29 is 26.4 Å². The summed E-state index contributed by atoms with van der Waals surface area (Å²) in [5.41, 5.74) is 15.1.